The first-order valence-corrected chi connectivity index (χ1v) is 13.3. The predicted octanol–water partition coefficient (Wildman–Crippen LogP) is 7.22. The van der Waals surface area contributed by atoms with Gasteiger partial charge in [-0.05, 0) is 54.3 Å². The minimum absolute atomic E-state index is 0.0350. The molecule has 1 heterocycles. The summed E-state index contributed by atoms with van der Waals surface area (Å²) in [4.78, 5) is 23.1. The fraction of sp³-hybridized carbons (Fsp3) is 0.300. The number of carboxylic acids is 1. The number of nitrogens with one attached hydrogen (secondary N) is 1. The van der Waals surface area contributed by atoms with Crippen LogP contribution in [0.25, 0.3) is 22.0 Å². The Kier molecular flexibility index (Phi) is 8.92. The molecule has 0 aliphatic carbocycles. The van der Waals surface area contributed by atoms with Crippen molar-refractivity contribution in [2.45, 2.75) is 38.9 Å². The van der Waals surface area contributed by atoms with E-state index in [2.05, 4.69) is 19.2 Å². The van der Waals surface area contributed by atoms with Gasteiger partial charge >= 0.3 is 12.1 Å². The summed E-state index contributed by atoms with van der Waals surface area (Å²) in [6, 6.07) is 13.6. The van der Waals surface area contributed by atoms with Crippen molar-refractivity contribution in [1.29, 1.82) is 0 Å². The van der Waals surface area contributed by atoms with E-state index < -0.39 is 17.7 Å². The molecule has 1 aromatic heterocycles. The first kappa shape index (κ1) is 29.9. The molecule has 7 nitrogen and oxygen atoms in total. The molecule has 11 heteroatoms. The summed E-state index contributed by atoms with van der Waals surface area (Å²) >= 11 is 6.29. The van der Waals surface area contributed by atoms with Gasteiger partial charge in [0.05, 0.1) is 36.0 Å². The Bertz CT molecular complexity index is 1570. The molecule has 1 atom stereocenters. The molecule has 0 fully saturated rings. The maximum Gasteiger partial charge on any atom is 0.416 e. The van der Waals surface area contributed by atoms with Crippen LogP contribution in [0.2, 0.25) is 5.02 Å². The Morgan fingerprint density at radius 2 is 1.76 bits per heavy atom. The molecule has 4 aromatic rings. The standard InChI is InChI=1S/C30H29ClF3N3O4/c1-17(2)14-26(18-4-6-19(7-5-18)29(40)35-13-12-27(38)39)37-16-23-25(36-37)11-10-22(28(23)41-3)21-9-8-20(15-24(21)31)30(32,33)34/h4-11,15-17,26H,12-14H2,1-3H3,(H,35,40)(H,38,39)/t26-/m1/s1. The van der Waals surface area contributed by atoms with Gasteiger partial charge in [-0.3, -0.25) is 14.3 Å². The molecule has 216 valence electrons. The summed E-state index contributed by atoms with van der Waals surface area (Å²) in [5.74, 6) is -0.612. The third-order valence-electron chi connectivity index (χ3n) is 6.64. The number of amides is 1. The van der Waals surface area contributed by atoms with Crippen LogP contribution in [0.3, 0.4) is 0 Å². The first-order valence-electron chi connectivity index (χ1n) is 12.9. The average Bonchev–Trinajstić information content (AvgIpc) is 3.34. The number of alkyl halides is 3. The highest BCUT2D eigenvalue weighted by atomic mass is 35.5. The van der Waals surface area contributed by atoms with Crippen molar-refractivity contribution in [3.63, 3.8) is 0 Å². The summed E-state index contributed by atoms with van der Waals surface area (Å²) < 4.78 is 47.1. The summed E-state index contributed by atoms with van der Waals surface area (Å²) in [5.41, 5.74) is 2.07. The fourth-order valence-electron chi connectivity index (χ4n) is 4.67. The normalized spacial score (nSPS) is 12.5. The number of carbonyl (C=O) groups is 2. The van der Waals surface area contributed by atoms with Gasteiger partial charge in [0.1, 0.15) is 5.75 Å². The van der Waals surface area contributed by atoms with Crippen molar-refractivity contribution in [2.24, 2.45) is 5.92 Å². The van der Waals surface area contributed by atoms with Crippen molar-refractivity contribution in [3.8, 4) is 16.9 Å². The lowest BCUT2D eigenvalue weighted by atomic mass is 9.96. The predicted molar refractivity (Wildman–Crippen MR) is 150 cm³/mol. The molecule has 0 spiro atoms. The lowest BCUT2D eigenvalue weighted by Crippen LogP contribution is -2.26. The number of methoxy groups -OCH3 is 1. The van der Waals surface area contributed by atoms with E-state index in [1.165, 1.54) is 13.2 Å². The Balaban J connectivity index is 1.69. The minimum atomic E-state index is -4.51. The van der Waals surface area contributed by atoms with Crippen molar-refractivity contribution < 1.29 is 32.6 Å². The third-order valence-corrected chi connectivity index (χ3v) is 6.96. The van der Waals surface area contributed by atoms with Crippen LogP contribution in [0.5, 0.6) is 5.75 Å². The van der Waals surface area contributed by atoms with Crippen molar-refractivity contribution >= 4 is 34.4 Å². The number of benzene rings is 3. The quantitative estimate of drug-likeness (QED) is 0.204. The maximum absolute atomic E-state index is 13.2. The second-order valence-electron chi connectivity index (χ2n) is 10.0. The first-order chi connectivity index (χ1) is 19.4. The fourth-order valence-corrected chi connectivity index (χ4v) is 4.96. The number of fused-ring (bicyclic) bond motifs is 1. The maximum atomic E-state index is 13.2. The van der Waals surface area contributed by atoms with Gasteiger partial charge in [0.15, 0.2) is 0 Å². The van der Waals surface area contributed by atoms with E-state index in [1.807, 2.05) is 23.0 Å². The molecule has 0 bridgehead atoms. The van der Waals surface area contributed by atoms with Crippen molar-refractivity contribution in [3.05, 3.63) is 82.5 Å². The van der Waals surface area contributed by atoms with Crippen LogP contribution in [-0.2, 0) is 11.0 Å². The smallest absolute Gasteiger partial charge is 0.416 e. The van der Waals surface area contributed by atoms with E-state index in [0.29, 0.717) is 39.3 Å². The van der Waals surface area contributed by atoms with Crippen molar-refractivity contribution in [2.75, 3.05) is 13.7 Å². The van der Waals surface area contributed by atoms with E-state index in [4.69, 9.17) is 26.5 Å². The highest BCUT2D eigenvalue weighted by Gasteiger charge is 2.31. The van der Waals surface area contributed by atoms with Crippen LogP contribution in [0.1, 0.15) is 54.2 Å². The number of carboxylic acid groups (broad SMARTS) is 1. The Morgan fingerprint density at radius 3 is 2.34 bits per heavy atom. The topological polar surface area (TPSA) is 93.5 Å². The second-order valence-corrected chi connectivity index (χ2v) is 10.5. The van der Waals surface area contributed by atoms with Crippen LogP contribution >= 0.6 is 11.6 Å². The van der Waals surface area contributed by atoms with Gasteiger partial charge in [0.25, 0.3) is 5.91 Å². The van der Waals surface area contributed by atoms with Gasteiger partial charge in [-0.1, -0.05) is 43.6 Å². The summed E-state index contributed by atoms with van der Waals surface area (Å²) in [7, 11) is 1.49. The highest BCUT2D eigenvalue weighted by Crippen LogP contribution is 2.42. The number of nitrogens with zero attached hydrogens (tertiary/aromatic N) is 2. The Labute approximate surface area is 239 Å². The number of hydrogen-bond donors (Lipinski definition) is 2. The molecule has 3 aromatic carbocycles. The number of ether oxygens (including phenoxy) is 1. The van der Waals surface area contributed by atoms with Crippen LogP contribution in [0, 0.1) is 5.92 Å². The van der Waals surface area contributed by atoms with E-state index in [9.17, 15) is 22.8 Å². The Morgan fingerprint density at radius 1 is 1.07 bits per heavy atom. The lowest BCUT2D eigenvalue weighted by molar-refractivity contribution is -0.138. The molecule has 1 amide bonds. The molecule has 0 saturated carbocycles. The number of aliphatic carboxylic acids is 1. The van der Waals surface area contributed by atoms with Gasteiger partial charge in [0.2, 0.25) is 0 Å². The van der Waals surface area contributed by atoms with Crippen LogP contribution in [-0.4, -0.2) is 40.4 Å². The molecule has 0 saturated heterocycles. The summed E-state index contributed by atoms with van der Waals surface area (Å²) in [6.45, 7) is 4.21. The van der Waals surface area contributed by atoms with E-state index in [0.717, 1.165) is 24.1 Å². The zero-order chi connectivity index (χ0) is 29.9. The summed E-state index contributed by atoms with van der Waals surface area (Å²) in [6.07, 6.45) is -2.10. The molecule has 0 aliphatic heterocycles. The number of rotatable bonds is 10. The number of halogens is 4. The van der Waals surface area contributed by atoms with Gasteiger partial charge < -0.3 is 15.2 Å². The van der Waals surface area contributed by atoms with Crippen LogP contribution in [0.15, 0.2) is 60.8 Å². The van der Waals surface area contributed by atoms with Gasteiger partial charge in [-0.25, -0.2) is 0 Å². The monoisotopic (exact) mass is 587 g/mol. The zero-order valence-electron chi connectivity index (χ0n) is 22.6. The number of hydrogen-bond acceptors (Lipinski definition) is 4. The lowest BCUT2D eigenvalue weighted by Gasteiger charge is -2.20. The SMILES string of the molecule is COc1c(-c2ccc(C(F)(F)F)cc2Cl)ccc2nn([C@H](CC(C)C)c3ccc(C(=O)NCCC(=O)O)cc3)cc12. The second kappa shape index (κ2) is 12.2. The highest BCUT2D eigenvalue weighted by molar-refractivity contribution is 6.33. The molecule has 0 unspecified atom stereocenters. The number of carbonyl (C=O) groups excluding carboxylic acids is 1. The van der Waals surface area contributed by atoms with E-state index in [-0.39, 0.29) is 29.9 Å². The molecule has 0 radical (unpaired) electrons. The van der Waals surface area contributed by atoms with Gasteiger partial charge in [-0.15, -0.1) is 0 Å². The zero-order valence-corrected chi connectivity index (χ0v) is 23.4. The average molecular weight is 588 g/mol. The molecule has 2 N–H and O–H groups in total. The summed E-state index contributed by atoms with van der Waals surface area (Å²) in [5, 5.41) is 16.8. The minimum Gasteiger partial charge on any atom is -0.495 e. The molecular formula is C30H29ClF3N3O4. The largest absolute Gasteiger partial charge is 0.495 e. The molecule has 41 heavy (non-hydrogen) atoms. The van der Waals surface area contributed by atoms with E-state index >= 15 is 0 Å². The number of aromatic nitrogens is 2. The van der Waals surface area contributed by atoms with E-state index in [1.54, 1.807) is 24.3 Å². The van der Waals surface area contributed by atoms with Gasteiger partial charge in [0, 0.05) is 34.5 Å². The molecule has 4 rings (SSSR count). The molecular weight excluding hydrogens is 559 g/mol. The van der Waals surface area contributed by atoms with Gasteiger partial charge in [-0.2, -0.15) is 18.3 Å². The van der Waals surface area contributed by atoms with Crippen molar-refractivity contribution in [1.82, 2.24) is 15.1 Å². The molecule has 0 aliphatic rings. The van der Waals surface area contributed by atoms with Crippen LogP contribution in [0.4, 0.5) is 13.2 Å². The van der Waals surface area contributed by atoms with Crippen LogP contribution < -0.4 is 10.1 Å². The third kappa shape index (κ3) is 6.82. The Hall–Kier alpha value is -4.05.